The SMILES string of the molecule is Cc1nc(C(C)NC(=O)c2cc(Cl)cc(Cl)c2)n(-c2ccc(C#N)cn2)n1. The lowest BCUT2D eigenvalue weighted by Gasteiger charge is -2.14. The van der Waals surface area contributed by atoms with Crippen molar-refractivity contribution in [1.82, 2.24) is 25.1 Å². The van der Waals surface area contributed by atoms with Crippen molar-refractivity contribution in [3.8, 4) is 11.9 Å². The van der Waals surface area contributed by atoms with Crippen LogP contribution in [0.25, 0.3) is 5.82 Å². The van der Waals surface area contributed by atoms with Gasteiger partial charge in [0.25, 0.3) is 5.91 Å². The van der Waals surface area contributed by atoms with E-state index in [0.29, 0.717) is 38.6 Å². The second-order valence-electron chi connectivity index (χ2n) is 5.80. The van der Waals surface area contributed by atoms with Gasteiger partial charge in [0.15, 0.2) is 11.6 Å². The molecule has 1 atom stereocenters. The Labute approximate surface area is 165 Å². The number of carbonyl (C=O) groups is 1. The van der Waals surface area contributed by atoms with Crippen molar-refractivity contribution >= 4 is 29.1 Å². The van der Waals surface area contributed by atoms with Gasteiger partial charge in [-0.1, -0.05) is 23.2 Å². The van der Waals surface area contributed by atoms with Crippen LogP contribution in [0.3, 0.4) is 0 Å². The molecule has 9 heteroatoms. The van der Waals surface area contributed by atoms with Gasteiger partial charge in [-0.15, -0.1) is 5.10 Å². The molecule has 0 radical (unpaired) electrons. The van der Waals surface area contributed by atoms with Crippen molar-refractivity contribution in [3.63, 3.8) is 0 Å². The number of rotatable bonds is 4. The molecule has 0 spiro atoms. The molecule has 3 rings (SSSR count). The summed E-state index contributed by atoms with van der Waals surface area (Å²) in [5.41, 5.74) is 0.787. The standard InChI is InChI=1S/C18H14Cl2N6O/c1-10(23-18(27)13-5-14(19)7-15(20)6-13)17-24-11(2)25-26(17)16-4-3-12(8-21)9-22-16/h3-7,9-10H,1-2H3,(H,23,27). The number of aryl methyl sites for hydroxylation is 1. The van der Waals surface area contributed by atoms with Crippen LogP contribution in [0, 0.1) is 18.3 Å². The third-order valence-corrected chi connectivity index (χ3v) is 4.13. The van der Waals surface area contributed by atoms with Crippen molar-refractivity contribution in [2.45, 2.75) is 19.9 Å². The lowest BCUT2D eigenvalue weighted by molar-refractivity contribution is 0.0938. The zero-order chi connectivity index (χ0) is 19.6. The average molecular weight is 401 g/mol. The monoisotopic (exact) mass is 400 g/mol. The molecule has 0 saturated heterocycles. The van der Waals surface area contributed by atoms with Crippen molar-refractivity contribution in [1.29, 1.82) is 5.26 Å². The third kappa shape index (κ3) is 4.25. The lowest BCUT2D eigenvalue weighted by atomic mass is 10.2. The fourth-order valence-electron chi connectivity index (χ4n) is 2.49. The van der Waals surface area contributed by atoms with Crippen LogP contribution in [-0.2, 0) is 0 Å². The highest BCUT2D eigenvalue weighted by Crippen LogP contribution is 2.20. The molecule has 2 aromatic heterocycles. The number of nitrogens with zero attached hydrogens (tertiary/aromatic N) is 5. The first-order valence-corrected chi connectivity index (χ1v) is 8.70. The molecule has 1 aromatic carbocycles. The molecule has 136 valence electrons. The van der Waals surface area contributed by atoms with E-state index in [9.17, 15) is 4.79 Å². The Bertz CT molecular complexity index is 1020. The largest absolute Gasteiger partial charge is 0.342 e. The molecule has 2 heterocycles. The number of benzene rings is 1. The quantitative estimate of drug-likeness (QED) is 0.720. The van der Waals surface area contributed by atoms with Gasteiger partial charge in [0.05, 0.1) is 11.6 Å². The zero-order valence-electron chi connectivity index (χ0n) is 14.4. The van der Waals surface area contributed by atoms with Crippen LogP contribution in [0.1, 0.15) is 40.5 Å². The van der Waals surface area contributed by atoms with Crippen molar-refractivity contribution < 1.29 is 4.79 Å². The summed E-state index contributed by atoms with van der Waals surface area (Å²) in [6, 6.07) is 9.48. The van der Waals surface area contributed by atoms with E-state index in [0.717, 1.165) is 0 Å². The molecule has 1 N–H and O–H groups in total. The van der Waals surface area contributed by atoms with E-state index in [1.807, 2.05) is 6.07 Å². The number of amides is 1. The summed E-state index contributed by atoms with van der Waals surface area (Å²) in [4.78, 5) is 21.2. The Morgan fingerprint density at radius 1 is 1.26 bits per heavy atom. The number of hydrogen-bond acceptors (Lipinski definition) is 5. The molecule has 3 aromatic rings. The molecule has 7 nitrogen and oxygen atoms in total. The molecule has 0 aliphatic carbocycles. The Balaban J connectivity index is 1.87. The van der Waals surface area contributed by atoms with Crippen molar-refractivity contribution in [2.24, 2.45) is 0 Å². The van der Waals surface area contributed by atoms with E-state index in [-0.39, 0.29) is 5.91 Å². The summed E-state index contributed by atoms with van der Waals surface area (Å²) in [5, 5.41) is 16.8. The van der Waals surface area contributed by atoms with Crippen LogP contribution in [0.4, 0.5) is 0 Å². The van der Waals surface area contributed by atoms with Crippen molar-refractivity contribution in [3.05, 3.63) is 69.3 Å². The first kappa shape index (κ1) is 18.8. The number of carbonyl (C=O) groups excluding carboxylic acids is 1. The van der Waals surface area contributed by atoms with Gasteiger partial charge >= 0.3 is 0 Å². The maximum atomic E-state index is 12.5. The van der Waals surface area contributed by atoms with Crippen LogP contribution >= 0.6 is 23.2 Å². The number of pyridine rings is 1. The second-order valence-corrected chi connectivity index (χ2v) is 6.67. The van der Waals surface area contributed by atoms with E-state index in [1.54, 1.807) is 32.0 Å². The van der Waals surface area contributed by atoms with Gasteiger partial charge in [-0.3, -0.25) is 4.79 Å². The highest BCUT2D eigenvalue weighted by molar-refractivity contribution is 6.35. The topological polar surface area (TPSA) is 96.5 Å². The van der Waals surface area contributed by atoms with Gasteiger partial charge in [-0.2, -0.15) is 9.94 Å². The maximum Gasteiger partial charge on any atom is 0.251 e. The summed E-state index contributed by atoms with van der Waals surface area (Å²) in [6.45, 7) is 3.53. The molecular weight excluding hydrogens is 387 g/mol. The van der Waals surface area contributed by atoms with Crippen LogP contribution < -0.4 is 5.32 Å². The molecule has 0 saturated carbocycles. The van der Waals surface area contributed by atoms with E-state index in [2.05, 4.69) is 20.4 Å². The molecule has 0 aliphatic rings. The summed E-state index contributed by atoms with van der Waals surface area (Å²) in [6.07, 6.45) is 1.45. The van der Waals surface area contributed by atoms with Crippen LogP contribution in [-0.4, -0.2) is 25.7 Å². The number of aromatic nitrogens is 4. The Kier molecular flexibility index (Phi) is 5.40. The van der Waals surface area contributed by atoms with E-state index in [1.165, 1.54) is 23.0 Å². The van der Waals surface area contributed by atoms with Crippen LogP contribution in [0.2, 0.25) is 10.0 Å². The summed E-state index contributed by atoms with van der Waals surface area (Å²) >= 11 is 11.9. The van der Waals surface area contributed by atoms with Gasteiger partial charge < -0.3 is 5.32 Å². The van der Waals surface area contributed by atoms with Gasteiger partial charge in [-0.25, -0.2) is 9.97 Å². The molecular formula is C18H14Cl2N6O. The first-order chi connectivity index (χ1) is 12.9. The summed E-state index contributed by atoms with van der Waals surface area (Å²) in [7, 11) is 0. The predicted octanol–water partition coefficient (Wildman–Crippen LogP) is 3.64. The maximum absolute atomic E-state index is 12.5. The van der Waals surface area contributed by atoms with Crippen molar-refractivity contribution in [2.75, 3.05) is 0 Å². The molecule has 0 fully saturated rings. The van der Waals surface area contributed by atoms with Crippen LogP contribution in [0.15, 0.2) is 36.5 Å². The molecule has 0 bridgehead atoms. The molecule has 1 unspecified atom stereocenters. The predicted molar refractivity (Wildman–Crippen MR) is 101 cm³/mol. The Hall–Kier alpha value is -2.95. The minimum absolute atomic E-state index is 0.341. The van der Waals surface area contributed by atoms with E-state index < -0.39 is 6.04 Å². The number of nitrogens with one attached hydrogen (secondary N) is 1. The molecule has 27 heavy (non-hydrogen) atoms. The Morgan fingerprint density at radius 2 is 1.96 bits per heavy atom. The Morgan fingerprint density at radius 3 is 2.56 bits per heavy atom. The highest BCUT2D eigenvalue weighted by Gasteiger charge is 2.20. The fourth-order valence-corrected chi connectivity index (χ4v) is 3.01. The molecule has 1 amide bonds. The first-order valence-electron chi connectivity index (χ1n) is 7.94. The minimum Gasteiger partial charge on any atom is -0.342 e. The molecule has 0 aliphatic heterocycles. The van der Waals surface area contributed by atoms with Gasteiger partial charge in [0, 0.05) is 21.8 Å². The lowest BCUT2D eigenvalue weighted by Crippen LogP contribution is -2.28. The summed E-state index contributed by atoms with van der Waals surface area (Å²) in [5.74, 6) is 1.19. The normalized spacial score (nSPS) is 11.7. The number of nitriles is 1. The summed E-state index contributed by atoms with van der Waals surface area (Å²) < 4.78 is 1.53. The van der Waals surface area contributed by atoms with Crippen LogP contribution in [0.5, 0.6) is 0 Å². The second kappa shape index (κ2) is 7.74. The zero-order valence-corrected chi connectivity index (χ0v) is 16.0. The van der Waals surface area contributed by atoms with Gasteiger partial charge in [0.1, 0.15) is 11.9 Å². The highest BCUT2D eigenvalue weighted by atomic mass is 35.5. The smallest absolute Gasteiger partial charge is 0.251 e. The fraction of sp³-hybridized carbons (Fsp3) is 0.167. The number of hydrogen-bond donors (Lipinski definition) is 1. The minimum atomic E-state index is -0.464. The van der Waals surface area contributed by atoms with Gasteiger partial charge in [-0.05, 0) is 44.2 Å². The van der Waals surface area contributed by atoms with E-state index >= 15 is 0 Å². The average Bonchev–Trinajstić information content (AvgIpc) is 3.03. The third-order valence-electron chi connectivity index (χ3n) is 3.69. The van der Waals surface area contributed by atoms with Gasteiger partial charge in [0.2, 0.25) is 0 Å². The number of halogens is 2. The van der Waals surface area contributed by atoms with E-state index in [4.69, 9.17) is 28.5 Å².